The molecule has 0 saturated heterocycles. The summed E-state index contributed by atoms with van der Waals surface area (Å²) >= 11 is 0. The number of carbonyl (C=O) groups excluding carboxylic acids is 1. The van der Waals surface area contributed by atoms with Crippen molar-refractivity contribution < 1.29 is 18.0 Å². The highest BCUT2D eigenvalue weighted by molar-refractivity contribution is 6.04. The molecule has 1 fully saturated rings. The van der Waals surface area contributed by atoms with E-state index in [-0.39, 0.29) is 40.7 Å². The van der Waals surface area contributed by atoms with Gasteiger partial charge in [0.05, 0.1) is 23.5 Å². The third kappa shape index (κ3) is 6.92. The van der Waals surface area contributed by atoms with Gasteiger partial charge in [-0.3, -0.25) is 14.6 Å². The summed E-state index contributed by atoms with van der Waals surface area (Å²) in [6, 6.07) is 2.04. The minimum Gasteiger partial charge on any atom is -0.444 e. The lowest BCUT2D eigenvalue weighted by molar-refractivity contribution is 0.102. The number of halogens is 2. The van der Waals surface area contributed by atoms with Crippen LogP contribution in [0.1, 0.15) is 56.1 Å². The van der Waals surface area contributed by atoms with Gasteiger partial charge in [-0.25, -0.2) is 14.4 Å². The van der Waals surface area contributed by atoms with Crippen molar-refractivity contribution in [3.63, 3.8) is 0 Å². The van der Waals surface area contributed by atoms with Crippen LogP contribution in [0.2, 0.25) is 0 Å². The smallest absolute Gasteiger partial charge is 0.277 e. The minimum absolute atomic E-state index is 0.00112. The zero-order chi connectivity index (χ0) is 27.9. The number of anilines is 1. The van der Waals surface area contributed by atoms with Gasteiger partial charge in [0.2, 0.25) is 11.8 Å². The number of nitrogens with two attached hydrogens (primary N) is 1. The number of nitrogens with one attached hydrogen (secondary N) is 2. The number of aromatic amines is 1. The fourth-order valence-electron chi connectivity index (χ4n) is 4.08. The highest BCUT2D eigenvalue weighted by atomic mass is 19.1. The van der Waals surface area contributed by atoms with Crippen molar-refractivity contribution in [3.05, 3.63) is 54.4 Å². The molecule has 1 aliphatic carbocycles. The van der Waals surface area contributed by atoms with Crippen LogP contribution in [0.3, 0.4) is 0 Å². The van der Waals surface area contributed by atoms with E-state index in [1.165, 1.54) is 12.5 Å². The normalized spacial score (nSPS) is 17.1. The van der Waals surface area contributed by atoms with Crippen LogP contribution < -0.4 is 11.1 Å². The molecule has 0 radical (unpaired) electrons. The maximum atomic E-state index is 14.5. The van der Waals surface area contributed by atoms with E-state index in [9.17, 15) is 13.6 Å². The van der Waals surface area contributed by atoms with Gasteiger partial charge in [-0.2, -0.15) is 14.6 Å². The molecule has 0 aromatic carbocycles. The van der Waals surface area contributed by atoms with Gasteiger partial charge in [-0.1, -0.05) is 13.8 Å². The molecule has 1 saturated carbocycles. The first-order valence-electron chi connectivity index (χ1n) is 12.9. The maximum Gasteiger partial charge on any atom is 0.277 e. The van der Waals surface area contributed by atoms with Crippen LogP contribution in [-0.4, -0.2) is 66.9 Å². The topological polar surface area (TPSA) is 144 Å². The monoisotopic (exact) mass is 541 g/mol. The second-order valence-corrected chi connectivity index (χ2v) is 9.37. The van der Waals surface area contributed by atoms with Crippen molar-refractivity contribution in [2.45, 2.75) is 51.6 Å². The second kappa shape index (κ2) is 12.7. The Bertz CT molecular complexity index is 1360. The fraction of sp³-hybridized carbons (Fsp3) is 0.423. The summed E-state index contributed by atoms with van der Waals surface area (Å²) in [4.78, 5) is 22.9. The zero-order valence-corrected chi connectivity index (χ0v) is 22.2. The van der Waals surface area contributed by atoms with E-state index in [0.717, 1.165) is 50.9 Å². The minimum atomic E-state index is -0.858. The molecule has 0 aliphatic heterocycles. The van der Waals surface area contributed by atoms with E-state index in [4.69, 9.17) is 10.2 Å². The van der Waals surface area contributed by atoms with Gasteiger partial charge in [0.25, 0.3) is 5.91 Å². The molecular formula is C26H33F2N9O2. The van der Waals surface area contributed by atoms with Gasteiger partial charge in [0.15, 0.2) is 11.5 Å². The molecule has 4 aromatic heterocycles. The first-order valence-corrected chi connectivity index (χ1v) is 12.9. The van der Waals surface area contributed by atoms with Gasteiger partial charge in [0, 0.05) is 18.4 Å². The SMILES string of the molecule is CCN(C)CC.NC1CCC(n2cc(NC(=O)c3coc(-c4cn[nH]c4)n3)c(-c3nc(F)ccc3F)n2)CC1. The number of pyridine rings is 1. The lowest BCUT2D eigenvalue weighted by Gasteiger charge is -2.26. The Morgan fingerprint density at radius 1 is 1.18 bits per heavy atom. The number of rotatable bonds is 7. The molecule has 4 N–H and O–H groups in total. The summed E-state index contributed by atoms with van der Waals surface area (Å²) in [7, 11) is 2.11. The Morgan fingerprint density at radius 2 is 1.92 bits per heavy atom. The number of amides is 1. The summed E-state index contributed by atoms with van der Waals surface area (Å²) in [5.41, 5.74) is 6.48. The molecule has 0 bridgehead atoms. The largest absolute Gasteiger partial charge is 0.444 e. The number of hydrogen-bond acceptors (Lipinski definition) is 8. The Hall–Kier alpha value is -3.97. The molecule has 11 nitrogen and oxygen atoms in total. The Labute approximate surface area is 224 Å². The standard InChI is InChI=1S/C21H20F2N8O2.C5H13N/c22-14-5-6-17(23)29-18(14)19-15(9-31(30-19)13-3-1-12(24)2-4-13)27-20(32)16-10-33-21(28-16)11-7-25-26-8-11;1-4-6(3)5-2/h5-10,12-13H,1-4,24H2,(H,25,26)(H,27,32);4-5H2,1-3H3. The van der Waals surface area contributed by atoms with Crippen molar-refractivity contribution in [2.24, 2.45) is 5.73 Å². The summed E-state index contributed by atoms with van der Waals surface area (Å²) in [5.74, 6) is -2.01. The Morgan fingerprint density at radius 3 is 2.56 bits per heavy atom. The molecule has 1 amide bonds. The van der Waals surface area contributed by atoms with Crippen molar-refractivity contribution >= 4 is 11.6 Å². The van der Waals surface area contributed by atoms with Gasteiger partial charge in [-0.15, -0.1) is 0 Å². The van der Waals surface area contributed by atoms with E-state index < -0.39 is 17.7 Å². The Kier molecular flexibility index (Phi) is 9.15. The number of oxazole rings is 1. The highest BCUT2D eigenvalue weighted by Crippen LogP contribution is 2.33. The number of aromatic nitrogens is 6. The predicted octanol–water partition coefficient (Wildman–Crippen LogP) is 4.25. The zero-order valence-electron chi connectivity index (χ0n) is 22.2. The third-order valence-electron chi connectivity index (χ3n) is 6.69. The highest BCUT2D eigenvalue weighted by Gasteiger charge is 2.26. The quantitative estimate of drug-likeness (QED) is 0.295. The number of carbonyl (C=O) groups is 1. The molecule has 13 heteroatoms. The molecule has 5 rings (SSSR count). The number of hydrogen-bond donors (Lipinski definition) is 3. The van der Waals surface area contributed by atoms with Crippen molar-refractivity contribution in [3.8, 4) is 22.8 Å². The molecule has 4 heterocycles. The number of H-pyrrole nitrogens is 1. The van der Waals surface area contributed by atoms with Gasteiger partial charge >= 0.3 is 0 Å². The number of nitrogens with zero attached hydrogens (tertiary/aromatic N) is 6. The molecular weight excluding hydrogens is 508 g/mol. The molecule has 4 aromatic rings. The van der Waals surface area contributed by atoms with E-state index in [2.05, 4.69) is 56.4 Å². The van der Waals surface area contributed by atoms with Gasteiger partial charge in [0.1, 0.15) is 17.7 Å². The van der Waals surface area contributed by atoms with E-state index in [0.29, 0.717) is 5.56 Å². The molecule has 1 aliphatic rings. The average molecular weight is 542 g/mol. The van der Waals surface area contributed by atoms with Crippen LogP contribution in [0, 0.1) is 11.8 Å². The molecule has 0 spiro atoms. The summed E-state index contributed by atoms with van der Waals surface area (Å²) < 4.78 is 35.3. The van der Waals surface area contributed by atoms with E-state index >= 15 is 0 Å². The second-order valence-electron chi connectivity index (χ2n) is 9.37. The predicted molar refractivity (Wildman–Crippen MR) is 142 cm³/mol. The van der Waals surface area contributed by atoms with Gasteiger partial charge < -0.3 is 20.4 Å². The Balaban J connectivity index is 0.000000531. The van der Waals surface area contributed by atoms with E-state index in [1.54, 1.807) is 17.1 Å². The first-order chi connectivity index (χ1) is 18.8. The van der Waals surface area contributed by atoms with Crippen LogP contribution in [0.5, 0.6) is 0 Å². The van der Waals surface area contributed by atoms with Crippen LogP contribution in [0.15, 0.2) is 41.4 Å². The fourth-order valence-corrected chi connectivity index (χ4v) is 4.08. The summed E-state index contributed by atoms with van der Waals surface area (Å²) in [6.07, 6.45) is 9.09. The van der Waals surface area contributed by atoms with Crippen molar-refractivity contribution in [2.75, 3.05) is 25.5 Å². The van der Waals surface area contributed by atoms with Gasteiger partial charge in [-0.05, 0) is 58.0 Å². The van der Waals surface area contributed by atoms with Crippen molar-refractivity contribution in [1.29, 1.82) is 0 Å². The third-order valence-corrected chi connectivity index (χ3v) is 6.69. The summed E-state index contributed by atoms with van der Waals surface area (Å²) in [5, 5.41) is 13.6. The molecule has 208 valence electrons. The molecule has 0 atom stereocenters. The average Bonchev–Trinajstić information content (AvgIpc) is 3.71. The van der Waals surface area contributed by atoms with Crippen LogP contribution in [0.25, 0.3) is 22.8 Å². The van der Waals surface area contributed by atoms with Crippen LogP contribution in [-0.2, 0) is 0 Å². The first kappa shape index (κ1) is 28.0. The lowest BCUT2D eigenvalue weighted by Crippen LogP contribution is -2.28. The van der Waals surface area contributed by atoms with Crippen molar-refractivity contribution in [1.82, 2.24) is 34.8 Å². The molecule has 0 unspecified atom stereocenters. The van der Waals surface area contributed by atoms with Crippen LogP contribution in [0.4, 0.5) is 14.5 Å². The summed E-state index contributed by atoms with van der Waals surface area (Å²) in [6.45, 7) is 6.64. The van der Waals surface area contributed by atoms with E-state index in [1.807, 2.05) is 0 Å². The maximum absolute atomic E-state index is 14.5. The van der Waals surface area contributed by atoms with Crippen LogP contribution >= 0.6 is 0 Å². The molecule has 39 heavy (non-hydrogen) atoms. The lowest BCUT2D eigenvalue weighted by atomic mass is 9.92.